The number of carbonyl (C=O) groups excluding carboxylic acids is 1. The molecule has 1 saturated heterocycles. The van der Waals surface area contributed by atoms with Gasteiger partial charge in [-0.15, -0.1) is 15.0 Å². The number of benzene rings is 2. The van der Waals surface area contributed by atoms with Crippen molar-refractivity contribution >= 4 is 17.0 Å². The maximum absolute atomic E-state index is 12.4. The highest BCUT2D eigenvalue weighted by Crippen LogP contribution is 2.38. The van der Waals surface area contributed by atoms with Crippen LogP contribution < -0.4 is 4.74 Å². The lowest BCUT2D eigenvalue weighted by molar-refractivity contribution is -0.161. The van der Waals surface area contributed by atoms with E-state index in [1.165, 1.54) is 10.9 Å². The van der Waals surface area contributed by atoms with E-state index in [9.17, 15) is 9.90 Å². The van der Waals surface area contributed by atoms with Crippen LogP contribution in [0, 0.1) is 0 Å². The van der Waals surface area contributed by atoms with Gasteiger partial charge in [-0.2, -0.15) is 0 Å². The fourth-order valence-electron chi connectivity index (χ4n) is 4.45. The number of phenolic OH excluding ortho intramolecular Hbond substituents is 1. The molecule has 1 aromatic heterocycles. The van der Waals surface area contributed by atoms with Gasteiger partial charge in [0.05, 0.1) is 0 Å². The average Bonchev–Trinajstić information content (AvgIpc) is 3.14. The van der Waals surface area contributed by atoms with Crippen molar-refractivity contribution in [2.45, 2.75) is 57.7 Å². The fourth-order valence-corrected chi connectivity index (χ4v) is 4.45. The molecule has 0 atom stereocenters. The molecule has 0 unspecified atom stereocenters. The lowest BCUT2D eigenvalue weighted by atomic mass is 9.79. The summed E-state index contributed by atoms with van der Waals surface area (Å²) in [5.74, 6) is -0.103. The first-order chi connectivity index (χ1) is 15.0. The van der Waals surface area contributed by atoms with Gasteiger partial charge in [0.2, 0.25) is 0 Å². The molecule has 8 nitrogen and oxygen atoms in total. The van der Waals surface area contributed by atoms with E-state index in [0.717, 1.165) is 23.9 Å². The number of aromatic hydroxyl groups is 1. The minimum Gasteiger partial charge on any atom is -0.505 e. The van der Waals surface area contributed by atoms with Crippen molar-refractivity contribution in [1.82, 2.24) is 19.9 Å². The van der Waals surface area contributed by atoms with Crippen molar-refractivity contribution in [2.24, 2.45) is 0 Å². The van der Waals surface area contributed by atoms with Crippen LogP contribution in [0.15, 0.2) is 42.5 Å². The van der Waals surface area contributed by atoms with E-state index < -0.39 is 5.97 Å². The van der Waals surface area contributed by atoms with E-state index in [1.54, 1.807) is 12.1 Å². The van der Waals surface area contributed by atoms with Gasteiger partial charge in [0.1, 0.15) is 34.3 Å². The van der Waals surface area contributed by atoms with Crippen molar-refractivity contribution in [3.63, 3.8) is 0 Å². The first-order valence-corrected chi connectivity index (χ1v) is 10.8. The zero-order valence-electron chi connectivity index (χ0n) is 19.2. The number of piperidine rings is 1. The van der Waals surface area contributed by atoms with Crippen LogP contribution in [0.1, 0.15) is 40.5 Å². The summed E-state index contributed by atoms with van der Waals surface area (Å²) in [7, 11) is 2.11. The molecule has 3 aromatic rings. The molecule has 4 rings (SSSR count). The quantitative estimate of drug-likeness (QED) is 0.608. The second-order valence-electron chi connectivity index (χ2n) is 9.62. The zero-order valence-corrected chi connectivity index (χ0v) is 19.2. The lowest BCUT2D eigenvalue weighted by Crippen LogP contribution is -2.60. The van der Waals surface area contributed by atoms with Gasteiger partial charge in [-0.25, -0.2) is 4.79 Å². The van der Waals surface area contributed by atoms with Crippen LogP contribution >= 0.6 is 0 Å². The lowest BCUT2D eigenvalue weighted by Gasteiger charge is -2.53. The van der Waals surface area contributed by atoms with Crippen LogP contribution in [0.4, 0.5) is 0 Å². The molecular weight excluding hydrogens is 408 g/mol. The molecule has 0 bridgehead atoms. The van der Waals surface area contributed by atoms with Crippen molar-refractivity contribution in [1.29, 1.82) is 0 Å². The number of hydrogen-bond acceptors (Lipinski definition) is 7. The smallest absolute Gasteiger partial charge is 0.344 e. The topological polar surface area (TPSA) is 89.7 Å². The third-order valence-electron chi connectivity index (χ3n) is 6.37. The Morgan fingerprint density at radius 3 is 2.22 bits per heavy atom. The number of carbonyl (C=O) groups is 1. The largest absolute Gasteiger partial charge is 0.505 e. The monoisotopic (exact) mass is 438 g/mol. The van der Waals surface area contributed by atoms with Crippen molar-refractivity contribution in [2.75, 3.05) is 13.7 Å². The number of ether oxygens (including phenoxy) is 2. The standard InChI is InChI=1S/C24H30N4O4/c1-23(2)13-17(14-24(3,4)27(23)5)32-22(30)15-31-16-10-11-20(21(29)12-16)28-25-18-8-6-7-9-19(18)26-28/h6-12,17,29H,13-15H2,1-5H3. The summed E-state index contributed by atoms with van der Waals surface area (Å²) >= 11 is 0. The minimum atomic E-state index is -0.422. The number of nitrogens with zero attached hydrogens (tertiary/aromatic N) is 4. The fraction of sp³-hybridized carbons (Fsp3) is 0.458. The molecule has 8 heteroatoms. The van der Waals surface area contributed by atoms with Crippen LogP contribution in [-0.2, 0) is 9.53 Å². The Morgan fingerprint density at radius 2 is 1.66 bits per heavy atom. The summed E-state index contributed by atoms with van der Waals surface area (Å²) in [4.78, 5) is 16.1. The Labute approximate surface area is 187 Å². The number of fused-ring (bicyclic) bond motifs is 1. The van der Waals surface area contributed by atoms with E-state index in [1.807, 2.05) is 24.3 Å². The van der Waals surface area contributed by atoms with Crippen LogP contribution in [0.5, 0.6) is 11.5 Å². The van der Waals surface area contributed by atoms with Gasteiger partial charge in [0.25, 0.3) is 0 Å². The predicted molar refractivity (Wildman–Crippen MR) is 121 cm³/mol. The first-order valence-electron chi connectivity index (χ1n) is 10.8. The normalized spacial score (nSPS) is 18.5. The third kappa shape index (κ3) is 4.41. The second-order valence-corrected chi connectivity index (χ2v) is 9.62. The zero-order chi connectivity index (χ0) is 23.1. The highest BCUT2D eigenvalue weighted by Gasteiger charge is 2.44. The van der Waals surface area contributed by atoms with Gasteiger partial charge in [-0.3, -0.25) is 4.90 Å². The SMILES string of the molecule is CN1C(C)(C)CC(OC(=O)COc2ccc(-n3nc4ccccc4n3)c(O)c2)CC1(C)C. The number of phenols is 1. The second kappa shape index (κ2) is 8.09. The number of hydrogen-bond donors (Lipinski definition) is 1. The highest BCUT2D eigenvalue weighted by molar-refractivity contribution is 5.74. The Hall–Kier alpha value is -3.13. The van der Waals surface area contributed by atoms with Crippen LogP contribution in [0.3, 0.4) is 0 Å². The molecule has 1 N–H and O–H groups in total. The first kappa shape index (κ1) is 22.1. The number of rotatable bonds is 5. The maximum Gasteiger partial charge on any atom is 0.344 e. The average molecular weight is 439 g/mol. The van der Waals surface area contributed by atoms with E-state index >= 15 is 0 Å². The molecule has 0 aliphatic carbocycles. The van der Waals surface area contributed by atoms with E-state index in [2.05, 4.69) is 49.8 Å². The van der Waals surface area contributed by atoms with E-state index in [-0.39, 0.29) is 29.5 Å². The predicted octanol–water partition coefficient (Wildman–Crippen LogP) is 3.70. The summed E-state index contributed by atoms with van der Waals surface area (Å²) in [5.41, 5.74) is 1.75. The molecular formula is C24H30N4O4. The van der Waals surface area contributed by atoms with Gasteiger partial charge >= 0.3 is 5.97 Å². The summed E-state index contributed by atoms with van der Waals surface area (Å²) in [6, 6.07) is 12.2. The van der Waals surface area contributed by atoms with Gasteiger partial charge in [0.15, 0.2) is 6.61 Å². The Balaban J connectivity index is 1.38. The summed E-state index contributed by atoms with van der Waals surface area (Å²) in [6.07, 6.45) is 1.36. The highest BCUT2D eigenvalue weighted by atomic mass is 16.6. The maximum atomic E-state index is 12.4. The van der Waals surface area contributed by atoms with Gasteiger partial charge in [-0.1, -0.05) is 12.1 Å². The summed E-state index contributed by atoms with van der Waals surface area (Å²) < 4.78 is 11.3. The molecule has 2 heterocycles. The summed E-state index contributed by atoms with van der Waals surface area (Å²) in [6.45, 7) is 8.41. The molecule has 1 fully saturated rings. The number of esters is 1. The Kier molecular flexibility index (Phi) is 5.58. The molecule has 1 aliphatic heterocycles. The molecule has 0 spiro atoms. The molecule has 0 radical (unpaired) electrons. The molecule has 1 aliphatic rings. The van der Waals surface area contributed by atoms with Gasteiger partial charge < -0.3 is 14.6 Å². The number of likely N-dealkylation sites (tertiary alicyclic amines) is 1. The van der Waals surface area contributed by atoms with Crippen molar-refractivity contribution < 1.29 is 19.4 Å². The molecule has 2 aromatic carbocycles. The molecule has 32 heavy (non-hydrogen) atoms. The number of aromatic nitrogens is 3. The molecule has 0 saturated carbocycles. The van der Waals surface area contributed by atoms with Crippen molar-refractivity contribution in [3.05, 3.63) is 42.5 Å². The third-order valence-corrected chi connectivity index (χ3v) is 6.37. The van der Waals surface area contributed by atoms with E-state index in [0.29, 0.717) is 11.4 Å². The Morgan fingerprint density at radius 1 is 1.06 bits per heavy atom. The minimum absolute atomic E-state index is 0.0463. The van der Waals surface area contributed by atoms with Crippen molar-refractivity contribution in [3.8, 4) is 17.2 Å². The summed E-state index contributed by atoms with van der Waals surface area (Å²) in [5, 5.41) is 19.2. The molecule has 170 valence electrons. The van der Waals surface area contributed by atoms with Crippen LogP contribution in [0.2, 0.25) is 0 Å². The van der Waals surface area contributed by atoms with Crippen LogP contribution in [0.25, 0.3) is 16.7 Å². The molecule has 0 amide bonds. The van der Waals surface area contributed by atoms with Gasteiger partial charge in [0, 0.05) is 30.0 Å². The van der Waals surface area contributed by atoms with Gasteiger partial charge in [-0.05, 0) is 59.0 Å². The Bertz CT molecular complexity index is 1090. The van der Waals surface area contributed by atoms with Crippen LogP contribution in [-0.4, -0.2) is 61.8 Å². The van der Waals surface area contributed by atoms with E-state index in [4.69, 9.17) is 9.47 Å².